The van der Waals surface area contributed by atoms with E-state index in [0.717, 1.165) is 0 Å². The van der Waals surface area contributed by atoms with Gasteiger partial charge in [-0.25, -0.2) is 26.3 Å². The van der Waals surface area contributed by atoms with Gasteiger partial charge >= 0.3 is 74.1 Å². The summed E-state index contributed by atoms with van der Waals surface area (Å²) >= 11 is 0. The van der Waals surface area contributed by atoms with Gasteiger partial charge in [0, 0.05) is 0 Å². The lowest BCUT2D eigenvalue weighted by atomic mass is 9.95. The minimum Gasteiger partial charge on any atom is -0.479 e. The summed E-state index contributed by atoms with van der Waals surface area (Å²) in [7, 11) is -34.0. The van der Waals surface area contributed by atoms with Gasteiger partial charge in [-0.1, -0.05) is 0 Å². The van der Waals surface area contributed by atoms with E-state index in [1.165, 1.54) is 9.44 Å². The highest BCUT2D eigenvalue weighted by Gasteiger charge is 2.59. The van der Waals surface area contributed by atoms with Gasteiger partial charge in [0.25, 0.3) is 0 Å². The molecule has 0 aromatic heterocycles. The summed E-state index contributed by atoms with van der Waals surface area (Å²) in [6.07, 6.45) is -44.0. The monoisotopic (exact) mass is 1150 g/mol. The number of carboxylic acids is 2. The third-order valence-corrected chi connectivity index (χ3v) is 12.1. The zero-order valence-electron chi connectivity index (χ0n) is 33.4. The molecule has 0 amide bonds. The molecule has 1 unspecified atom stereocenters. The van der Waals surface area contributed by atoms with Gasteiger partial charge in [0.05, 0.1) is 13.2 Å². The van der Waals surface area contributed by atoms with Crippen molar-refractivity contribution in [2.75, 3.05) is 13.2 Å². The Morgan fingerprint density at radius 2 is 0.971 bits per heavy atom. The third kappa shape index (κ3) is 17.2. The number of carbonyl (C=O) groups is 2. The van der Waals surface area contributed by atoms with E-state index in [0.29, 0.717) is 0 Å². The maximum Gasteiger partial charge on any atom is 0.397 e. The summed E-state index contributed by atoms with van der Waals surface area (Å²) < 4.78 is 253. The number of aliphatic carboxylic acids is 2. The lowest BCUT2D eigenvalue weighted by molar-refractivity contribution is -0.362. The fraction of sp³-hybridized carbons (Fsp3) is 0.833. The Balaban J connectivity index is 1.80. The number of nitrogens with one attached hydrogen (secondary N) is 2. The lowest BCUT2D eigenvalue weighted by Gasteiger charge is -2.49. The van der Waals surface area contributed by atoms with Gasteiger partial charge in [-0.2, -0.15) is 60.0 Å². The van der Waals surface area contributed by atoms with Crippen molar-refractivity contribution in [2.45, 2.75) is 110 Å². The second kappa shape index (κ2) is 22.4. The average molecular weight is 1150 g/mol. The summed E-state index contributed by atoms with van der Waals surface area (Å²) in [5.41, 5.74) is 0. The molecule has 0 spiro atoms. The molecule has 0 radical (unpaired) electrons. The number of hydrogen-bond acceptors (Lipinski definition) is 30. The number of hydrogen-bond donors (Lipinski definition) is 15. The summed E-state index contributed by atoms with van der Waals surface area (Å²) in [6.45, 7) is -3.27. The minimum absolute atomic E-state index is 0.270. The number of aliphatic hydroxyl groups excluding tert-OH is 5. The van der Waals surface area contributed by atoms with Crippen LogP contribution in [0.15, 0.2) is 11.8 Å². The van der Waals surface area contributed by atoms with Crippen LogP contribution in [-0.4, -0.2) is 249 Å². The van der Waals surface area contributed by atoms with Crippen LogP contribution < -0.4 is 9.44 Å². The Labute approximate surface area is 391 Å². The van der Waals surface area contributed by atoms with Crippen molar-refractivity contribution < 1.29 is 173 Å². The van der Waals surface area contributed by atoms with Crippen molar-refractivity contribution in [1.29, 1.82) is 0 Å². The molecule has 70 heavy (non-hydrogen) atoms. The first-order valence-electron chi connectivity index (χ1n) is 17.9. The molecular weight excluding hydrogens is 1120 g/mol. The van der Waals surface area contributed by atoms with Crippen LogP contribution in [0.2, 0.25) is 0 Å². The molecule has 0 saturated carbocycles. The summed E-state index contributed by atoms with van der Waals surface area (Å²) in [5.74, 6) is -5.71. The maximum atomic E-state index is 12.7. The van der Waals surface area contributed by atoms with Crippen LogP contribution in [0.1, 0.15) is 0 Å². The molecule has 46 heteroatoms. The summed E-state index contributed by atoms with van der Waals surface area (Å²) in [4.78, 5) is 24.4. The molecule has 4 aliphatic rings. The molecule has 0 bridgehead atoms. The smallest absolute Gasteiger partial charge is 0.397 e. The first-order chi connectivity index (χ1) is 31.6. The Kier molecular flexibility index (Phi) is 19.1. The maximum absolute atomic E-state index is 12.7. The molecule has 40 nitrogen and oxygen atoms in total. The first-order valence-corrected chi connectivity index (χ1v) is 26.2. The Bertz CT molecular complexity index is 2610. The molecule has 4 rings (SSSR count). The van der Waals surface area contributed by atoms with Gasteiger partial charge in [-0.05, 0) is 6.08 Å². The van der Waals surface area contributed by atoms with E-state index in [1.54, 1.807) is 0 Å². The third-order valence-electron chi connectivity index (χ3n) is 9.18. The number of ether oxygens (including phenoxy) is 7. The van der Waals surface area contributed by atoms with Gasteiger partial charge in [-0.15, -0.1) is 0 Å². The van der Waals surface area contributed by atoms with Crippen LogP contribution >= 0.6 is 0 Å². The van der Waals surface area contributed by atoms with Gasteiger partial charge in [0.15, 0.2) is 37.2 Å². The van der Waals surface area contributed by atoms with Crippen LogP contribution in [0.3, 0.4) is 0 Å². The lowest BCUT2D eigenvalue weighted by Crippen LogP contribution is -2.70. The molecular formula is C24H38N2O38S6. The minimum atomic E-state index is -6.01. The quantitative estimate of drug-likeness (QED) is 0.0448. The molecule has 408 valence electrons. The van der Waals surface area contributed by atoms with Crippen molar-refractivity contribution in [3.8, 4) is 0 Å². The summed E-state index contributed by atoms with van der Waals surface area (Å²) in [6, 6.07) is -5.30. The molecule has 0 aliphatic carbocycles. The fourth-order valence-corrected chi connectivity index (χ4v) is 9.36. The van der Waals surface area contributed by atoms with Crippen LogP contribution in [-0.2, 0) is 122 Å². The van der Waals surface area contributed by atoms with Crippen molar-refractivity contribution in [3.05, 3.63) is 11.8 Å². The van der Waals surface area contributed by atoms with Crippen molar-refractivity contribution in [2.24, 2.45) is 0 Å². The average Bonchev–Trinajstić information content (AvgIpc) is 3.16. The zero-order valence-corrected chi connectivity index (χ0v) is 38.3. The van der Waals surface area contributed by atoms with E-state index in [-0.39, 0.29) is 6.08 Å². The Hall–Kier alpha value is -2.74. The molecule has 3 saturated heterocycles. The zero-order chi connectivity index (χ0) is 53.4. The highest BCUT2D eigenvalue weighted by Crippen LogP contribution is 2.36. The van der Waals surface area contributed by atoms with Crippen LogP contribution in [0, 0.1) is 0 Å². The molecule has 18 atom stereocenters. The van der Waals surface area contributed by atoms with Crippen LogP contribution in [0.25, 0.3) is 0 Å². The molecule has 15 N–H and O–H groups in total. The van der Waals surface area contributed by atoms with E-state index in [4.69, 9.17) is 37.7 Å². The Morgan fingerprint density at radius 1 is 0.529 bits per heavy atom. The molecule has 0 aromatic rings. The Morgan fingerprint density at radius 3 is 1.43 bits per heavy atom. The van der Waals surface area contributed by atoms with Gasteiger partial charge < -0.3 is 68.9 Å². The van der Waals surface area contributed by atoms with Gasteiger partial charge in [0.2, 0.25) is 12.0 Å². The predicted octanol–water partition coefficient (Wildman–Crippen LogP) is -10.3. The van der Waals surface area contributed by atoms with Crippen molar-refractivity contribution >= 4 is 74.1 Å². The van der Waals surface area contributed by atoms with E-state index in [2.05, 4.69) is 16.7 Å². The predicted molar refractivity (Wildman–Crippen MR) is 200 cm³/mol. The van der Waals surface area contributed by atoms with Gasteiger partial charge in [0.1, 0.15) is 67.0 Å². The second-order valence-electron chi connectivity index (χ2n) is 14.1. The molecule has 4 heterocycles. The number of carboxylic acid groups (broad SMARTS) is 2. The van der Waals surface area contributed by atoms with E-state index in [9.17, 15) is 119 Å². The van der Waals surface area contributed by atoms with E-state index in [1.807, 2.05) is 0 Å². The highest BCUT2D eigenvalue weighted by atomic mass is 32.3. The normalized spacial score (nSPS) is 37.2. The first kappa shape index (κ1) is 59.8. The van der Waals surface area contributed by atoms with Gasteiger partial charge in [-0.3, -0.25) is 27.3 Å². The van der Waals surface area contributed by atoms with E-state index < -0.39 is 204 Å². The highest BCUT2D eigenvalue weighted by molar-refractivity contribution is 7.84. The van der Waals surface area contributed by atoms with Crippen LogP contribution in [0.5, 0.6) is 0 Å². The second-order valence-corrected chi connectivity index (χ2v) is 20.7. The van der Waals surface area contributed by atoms with Crippen LogP contribution in [0.4, 0.5) is 0 Å². The topological polar surface area (TPSA) is 628 Å². The van der Waals surface area contributed by atoms with Crippen molar-refractivity contribution in [1.82, 2.24) is 9.44 Å². The van der Waals surface area contributed by atoms with Crippen molar-refractivity contribution in [3.63, 3.8) is 0 Å². The SMILES string of the molecule is O=C(O)C1=C[C@H](O)[C@@H](OS(=O)(=O)O)[C@H](O[C@H]2[C@H](O)[C@@H](NS(=O)(=O)O)[C@@H](O[C@H]3[C@H](O)[C@@H](OS(=O)(=O)O)[C@H](O[C@H]4[C@H](O)[C@@H](NS(=O)(=O)O)C(O)O[C@@H]4COS(=O)(=O)O)O[C@H]3C(=O)O)O[C@@H]2COS(=O)(=O)O)O1. The van der Waals surface area contributed by atoms with E-state index >= 15 is 0 Å². The summed E-state index contributed by atoms with van der Waals surface area (Å²) in [5, 5.41) is 74.4. The largest absolute Gasteiger partial charge is 0.479 e. The number of rotatable bonds is 22. The number of aliphatic hydroxyl groups is 5. The molecule has 3 fully saturated rings. The molecule has 4 aliphatic heterocycles. The fourth-order valence-electron chi connectivity index (χ4n) is 6.58. The molecule has 0 aromatic carbocycles. The standard InChI is InChI=1S/C24H38N2O38S6/c27-4-1-5(19(31)32)57-23(13(4)63-69(48,49)50)59-15-7(3-55-68(45,46)47)58-22(9(11(15)29)26-66(39,40)41)61-16-12(30)17(64-70(51,52)53)24(62-18(16)20(33)34)60-14-6(2-54-67(42,43)44)56-21(35)8(10(14)28)25-65(36,37)38/h1,4,6-18,21-30,35H,2-3H2,(H,31,32)(H,33,34)(H,36,37,38)(H,39,40,41)(H,42,43,44)(H,45,46,47)(H,48,49,50)(H,51,52,53)/t4-,6+,7+,8+,9+,10+,11+,12-,13+,14+,15+,16-,17+,18+,21?,22+,23-,24+/m0/s1.